The number of ether oxygens (including phenoxy) is 2. The highest BCUT2D eigenvalue weighted by atomic mass is 16.5. The molecule has 1 saturated carbocycles. The summed E-state index contributed by atoms with van der Waals surface area (Å²) in [5.41, 5.74) is 1.28. The summed E-state index contributed by atoms with van der Waals surface area (Å²) in [6.07, 6.45) is 4.94. The molecule has 1 aliphatic heterocycles. The average Bonchev–Trinajstić information content (AvgIpc) is 2.68. The van der Waals surface area contributed by atoms with E-state index in [1.165, 1.54) is 24.8 Å². The van der Waals surface area contributed by atoms with Gasteiger partial charge in [-0.1, -0.05) is 19.9 Å². The zero-order chi connectivity index (χ0) is 14.7. The van der Waals surface area contributed by atoms with E-state index < -0.39 is 0 Å². The highest BCUT2D eigenvalue weighted by molar-refractivity contribution is 5.43. The Hall–Kier alpha value is -1.22. The first-order chi connectivity index (χ1) is 10.2. The molecule has 0 aromatic heterocycles. The van der Waals surface area contributed by atoms with Crippen LogP contribution >= 0.6 is 0 Å². The highest BCUT2D eigenvalue weighted by Crippen LogP contribution is 2.31. The van der Waals surface area contributed by atoms with Crippen LogP contribution in [0.15, 0.2) is 18.2 Å². The van der Waals surface area contributed by atoms with Crippen molar-refractivity contribution in [3.63, 3.8) is 0 Å². The maximum absolute atomic E-state index is 5.76. The van der Waals surface area contributed by atoms with Crippen molar-refractivity contribution in [2.45, 2.75) is 52.1 Å². The van der Waals surface area contributed by atoms with E-state index in [-0.39, 0.29) is 0 Å². The molecule has 2 unspecified atom stereocenters. The molecule has 0 saturated heterocycles. The van der Waals surface area contributed by atoms with Crippen molar-refractivity contribution in [1.29, 1.82) is 0 Å². The Bertz CT molecular complexity index is 464. The third-order valence-corrected chi connectivity index (χ3v) is 4.59. The maximum atomic E-state index is 5.76. The minimum atomic E-state index is 0.653. The van der Waals surface area contributed by atoms with Crippen LogP contribution in [0.4, 0.5) is 0 Å². The fourth-order valence-corrected chi connectivity index (χ4v) is 3.69. The van der Waals surface area contributed by atoms with E-state index in [1.54, 1.807) is 0 Å². The molecule has 1 aromatic rings. The first-order valence-corrected chi connectivity index (χ1v) is 8.32. The SMILES string of the molecule is CC1CC(C)CC(NCc2ccc3c(c2)OCCCO3)C1. The van der Waals surface area contributed by atoms with Crippen molar-refractivity contribution in [2.24, 2.45) is 11.8 Å². The first kappa shape index (κ1) is 14.7. The molecule has 1 fully saturated rings. The lowest BCUT2D eigenvalue weighted by atomic mass is 9.80. The molecular formula is C18H27NO2. The average molecular weight is 289 g/mol. The number of benzene rings is 1. The van der Waals surface area contributed by atoms with E-state index in [0.29, 0.717) is 6.04 Å². The second kappa shape index (κ2) is 6.69. The maximum Gasteiger partial charge on any atom is 0.161 e. The van der Waals surface area contributed by atoms with Crippen molar-refractivity contribution >= 4 is 0 Å². The monoisotopic (exact) mass is 289 g/mol. The van der Waals surface area contributed by atoms with E-state index in [9.17, 15) is 0 Å². The van der Waals surface area contributed by atoms with Gasteiger partial charge in [0.05, 0.1) is 13.2 Å². The molecule has 1 N–H and O–H groups in total. The Morgan fingerprint density at radius 3 is 2.48 bits per heavy atom. The molecule has 1 aromatic carbocycles. The standard InChI is InChI=1S/C18H27NO2/c1-13-8-14(2)10-16(9-13)19-12-15-4-5-17-18(11-15)21-7-3-6-20-17/h4-5,11,13-14,16,19H,3,6-10,12H2,1-2H3. The molecular weight excluding hydrogens is 262 g/mol. The van der Waals surface area contributed by atoms with Gasteiger partial charge in [-0.25, -0.2) is 0 Å². The predicted octanol–water partition coefficient (Wildman–Crippen LogP) is 3.76. The van der Waals surface area contributed by atoms with Crippen molar-refractivity contribution in [3.05, 3.63) is 23.8 Å². The molecule has 0 radical (unpaired) electrons. The molecule has 21 heavy (non-hydrogen) atoms. The summed E-state index contributed by atoms with van der Waals surface area (Å²) < 4.78 is 11.4. The minimum absolute atomic E-state index is 0.653. The molecule has 3 rings (SSSR count). The lowest BCUT2D eigenvalue weighted by Gasteiger charge is -2.32. The van der Waals surface area contributed by atoms with Gasteiger partial charge in [-0.3, -0.25) is 0 Å². The first-order valence-electron chi connectivity index (χ1n) is 8.32. The molecule has 116 valence electrons. The van der Waals surface area contributed by atoms with Crippen LogP contribution in [0.2, 0.25) is 0 Å². The highest BCUT2D eigenvalue weighted by Gasteiger charge is 2.23. The van der Waals surface area contributed by atoms with E-state index in [1.807, 2.05) is 6.07 Å². The zero-order valence-electron chi connectivity index (χ0n) is 13.2. The number of hydrogen-bond donors (Lipinski definition) is 1. The van der Waals surface area contributed by atoms with Gasteiger partial charge in [-0.05, 0) is 48.8 Å². The van der Waals surface area contributed by atoms with E-state index in [0.717, 1.165) is 49.5 Å². The van der Waals surface area contributed by atoms with Crippen LogP contribution in [0.3, 0.4) is 0 Å². The topological polar surface area (TPSA) is 30.5 Å². The molecule has 1 heterocycles. The van der Waals surface area contributed by atoms with Gasteiger partial charge in [0, 0.05) is 19.0 Å². The van der Waals surface area contributed by atoms with Crippen molar-refractivity contribution in [1.82, 2.24) is 5.32 Å². The summed E-state index contributed by atoms with van der Waals surface area (Å²) in [4.78, 5) is 0. The Labute approximate surface area is 128 Å². The summed E-state index contributed by atoms with van der Waals surface area (Å²) in [5.74, 6) is 3.47. The molecule has 2 aliphatic rings. The second-order valence-corrected chi connectivity index (χ2v) is 6.83. The number of rotatable bonds is 3. The fraction of sp³-hybridized carbons (Fsp3) is 0.667. The van der Waals surface area contributed by atoms with Crippen LogP contribution in [0.5, 0.6) is 11.5 Å². The van der Waals surface area contributed by atoms with Crippen LogP contribution in [0.1, 0.15) is 45.1 Å². The Morgan fingerprint density at radius 1 is 1.00 bits per heavy atom. The minimum Gasteiger partial charge on any atom is -0.490 e. The quantitative estimate of drug-likeness (QED) is 0.919. The van der Waals surface area contributed by atoms with Gasteiger partial charge in [-0.15, -0.1) is 0 Å². The summed E-state index contributed by atoms with van der Waals surface area (Å²) in [6, 6.07) is 6.98. The summed E-state index contributed by atoms with van der Waals surface area (Å²) in [7, 11) is 0. The molecule has 2 atom stereocenters. The molecule has 0 spiro atoms. The summed E-state index contributed by atoms with van der Waals surface area (Å²) >= 11 is 0. The Morgan fingerprint density at radius 2 is 1.71 bits per heavy atom. The lowest BCUT2D eigenvalue weighted by Crippen LogP contribution is -2.35. The van der Waals surface area contributed by atoms with Crippen molar-refractivity contribution in [2.75, 3.05) is 13.2 Å². The largest absolute Gasteiger partial charge is 0.490 e. The Balaban J connectivity index is 1.59. The van der Waals surface area contributed by atoms with Gasteiger partial charge >= 0.3 is 0 Å². The van der Waals surface area contributed by atoms with Crippen LogP contribution in [-0.2, 0) is 6.54 Å². The summed E-state index contributed by atoms with van der Waals surface area (Å²) in [6.45, 7) is 7.17. The van der Waals surface area contributed by atoms with Gasteiger partial charge in [0.25, 0.3) is 0 Å². The van der Waals surface area contributed by atoms with E-state index >= 15 is 0 Å². The second-order valence-electron chi connectivity index (χ2n) is 6.83. The van der Waals surface area contributed by atoms with Crippen LogP contribution < -0.4 is 14.8 Å². The van der Waals surface area contributed by atoms with Crippen LogP contribution in [0.25, 0.3) is 0 Å². The third-order valence-electron chi connectivity index (χ3n) is 4.59. The van der Waals surface area contributed by atoms with E-state index in [2.05, 4.69) is 31.3 Å². The van der Waals surface area contributed by atoms with Gasteiger partial charge in [0.2, 0.25) is 0 Å². The van der Waals surface area contributed by atoms with Crippen LogP contribution in [-0.4, -0.2) is 19.3 Å². The van der Waals surface area contributed by atoms with Gasteiger partial charge < -0.3 is 14.8 Å². The van der Waals surface area contributed by atoms with Gasteiger partial charge in [0.1, 0.15) is 0 Å². The lowest BCUT2D eigenvalue weighted by molar-refractivity contribution is 0.238. The fourth-order valence-electron chi connectivity index (χ4n) is 3.69. The van der Waals surface area contributed by atoms with Crippen LogP contribution in [0, 0.1) is 11.8 Å². The van der Waals surface area contributed by atoms with Crippen molar-refractivity contribution < 1.29 is 9.47 Å². The number of hydrogen-bond acceptors (Lipinski definition) is 3. The normalized spacial score (nSPS) is 29.0. The Kier molecular flexibility index (Phi) is 4.69. The van der Waals surface area contributed by atoms with E-state index in [4.69, 9.17) is 9.47 Å². The predicted molar refractivity (Wildman–Crippen MR) is 84.9 cm³/mol. The molecule has 3 heteroatoms. The number of nitrogens with one attached hydrogen (secondary N) is 1. The summed E-state index contributed by atoms with van der Waals surface area (Å²) in [5, 5.41) is 3.72. The molecule has 0 bridgehead atoms. The smallest absolute Gasteiger partial charge is 0.161 e. The van der Waals surface area contributed by atoms with Gasteiger partial charge in [0.15, 0.2) is 11.5 Å². The molecule has 3 nitrogen and oxygen atoms in total. The molecule has 1 aliphatic carbocycles. The van der Waals surface area contributed by atoms with Gasteiger partial charge in [-0.2, -0.15) is 0 Å². The third kappa shape index (κ3) is 3.91. The van der Waals surface area contributed by atoms with Crippen molar-refractivity contribution in [3.8, 4) is 11.5 Å². The zero-order valence-corrected chi connectivity index (χ0v) is 13.2. The molecule has 0 amide bonds. The number of fused-ring (bicyclic) bond motifs is 1.